The van der Waals surface area contributed by atoms with Gasteiger partial charge in [-0.2, -0.15) is 0 Å². The van der Waals surface area contributed by atoms with Gasteiger partial charge in [-0.15, -0.1) is 0 Å². The molecule has 7 heavy (non-hydrogen) atoms. The van der Waals surface area contributed by atoms with Gasteiger partial charge >= 0.3 is 0 Å². The summed E-state index contributed by atoms with van der Waals surface area (Å²) in [5.41, 5.74) is 0. The Balaban J connectivity index is 2.36. The molecule has 0 aromatic rings. The van der Waals surface area contributed by atoms with E-state index in [0.717, 1.165) is 0 Å². The number of hydrogen-bond acceptors (Lipinski definition) is 3. The summed E-state index contributed by atoms with van der Waals surface area (Å²) in [5, 5.41) is 2.22. The Morgan fingerprint density at radius 1 is 1.71 bits per heavy atom. The van der Waals surface area contributed by atoms with Crippen molar-refractivity contribution < 1.29 is 0 Å². The highest BCUT2D eigenvalue weighted by Gasteiger charge is 2.02. The topological polar surface area (TPSA) is 0 Å². The zero-order valence-electron chi connectivity index (χ0n) is 4.01. The Kier molecular flexibility index (Phi) is 2.49. The lowest BCUT2D eigenvalue weighted by Crippen LogP contribution is -1.58. The van der Waals surface area contributed by atoms with E-state index < -0.39 is 0 Å². The second kappa shape index (κ2) is 2.95. The summed E-state index contributed by atoms with van der Waals surface area (Å²) < 4.78 is 0. The monoisotopic (exact) mass is 150 g/mol. The largest absolute Gasteiger partial charge is 0.0607 e. The minimum Gasteiger partial charge on any atom is -0.0607 e. The van der Waals surface area contributed by atoms with Crippen molar-refractivity contribution in [3.63, 3.8) is 0 Å². The summed E-state index contributed by atoms with van der Waals surface area (Å²) in [6, 6.07) is 0. The van der Waals surface area contributed by atoms with Crippen molar-refractivity contribution >= 4 is 31.4 Å². The van der Waals surface area contributed by atoms with E-state index >= 15 is 0 Å². The molecule has 0 nitrogen and oxygen atoms in total. The van der Waals surface area contributed by atoms with Gasteiger partial charge in [0.15, 0.2) is 0 Å². The van der Waals surface area contributed by atoms with Crippen LogP contribution in [-0.4, -0.2) is 0 Å². The third-order valence-electron chi connectivity index (χ3n) is 0.708. The zero-order chi connectivity index (χ0) is 5.11. The van der Waals surface area contributed by atoms with Gasteiger partial charge in [0.2, 0.25) is 0 Å². The molecule has 0 spiro atoms. The lowest BCUT2D eigenvalue weighted by molar-refractivity contribution is 1.21. The predicted octanol–water partition coefficient (Wildman–Crippen LogP) is 3.28. The van der Waals surface area contributed by atoms with Gasteiger partial charge in [0.25, 0.3) is 0 Å². The average Bonchev–Trinajstić information content (AvgIpc) is 2.14. The van der Waals surface area contributed by atoms with Gasteiger partial charge in [0.1, 0.15) is 0 Å². The van der Waals surface area contributed by atoms with Crippen LogP contribution in [0.4, 0.5) is 0 Å². The van der Waals surface area contributed by atoms with Crippen LogP contribution in [0.5, 0.6) is 0 Å². The lowest BCUT2D eigenvalue weighted by Gasteiger charge is -1.85. The van der Waals surface area contributed by atoms with Crippen molar-refractivity contribution in [2.45, 2.75) is 13.3 Å². The molecule has 0 aromatic heterocycles. The van der Waals surface area contributed by atoms with Gasteiger partial charge in [-0.05, 0) is 32.4 Å². The summed E-state index contributed by atoms with van der Waals surface area (Å²) in [4.78, 5) is 1.51. The number of allylic oxidation sites excluding steroid dienone is 1. The van der Waals surface area contributed by atoms with E-state index in [2.05, 4.69) is 12.3 Å². The van der Waals surface area contributed by atoms with E-state index in [4.69, 9.17) is 0 Å². The molecule has 0 bridgehead atoms. The van der Waals surface area contributed by atoms with Crippen LogP contribution in [-0.2, 0) is 0 Å². The maximum atomic E-state index is 2.22. The average molecular weight is 150 g/mol. The summed E-state index contributed by atoms with van der Waals surface area (Å²) in [7, 11) is 5.55. The molecule has 1 rings (SSSR count). The van der Waals surface area contributed by atoms with Gasteiger partial charge in [0.05, 0.1) is 0 Å². The van der Waals surface area contributed by atoms with E-state index in [1.807, 2.05) is 31.4 Å². The second-order valence-electron chi connectivity index (χ2n) is 1.19. The SMILES string of the molecule is CCC1=CSSS1. The number of rotatable bonds is 1. The maximum absolute atomic E-state index is 2.22. The Morgan fingerprint density at radius 3 is 2.86 bits per heavy atom. The predicted molar refractivity (Wildman–Crippen MR) is 41.1 cm³/mol. The van der Waals surface area contributed by atoms with Crippen LogP contribution in [0.15, 0.2) is 10.3 Å². The quantitative estimate of drug-likeness (QED) is 0.526. The summed E-state index contributed by atoms with van der Waals surface area (Å²) >= 11 is 0. The van der Waals surface area contributed by atoms with Crippen molar-refractivity contribution in [1.29, 1.82) is 0 Å². The van der Waals surface area contributed by atoms with Crippen LogP contribution in [0.2, 0.25) is 0 Å². The molecule has 0 atom stereocenters. The third-order valence-corrected chi connectivity index (χ3v) is 4.70. The molecule has 0 amide bonds. The van der Waals surface area contributed by atoms with Crippen molar-refractivity contribution in [1.82, 2.24) is 0 Å². The number of hydrogen-bond donors (Lipinski definition) is 0. The summed E-state index contributed by atoms with van der Waals surface area (Å²) in [5.74, 6) is 0. The first-order valence-electron chi connectivity index (χ1n) is 2.12. The van der Waals surface area contributed by atoms with Crippen LogP contribution in [0.1, 0.15) is 13.3 Å². The van der Waals surface area contributed by atoms with Gasteiger partial charge < -0.3 is 0 Å². The van der Waals surface area contributed by atoms with Gasteiger partial charge in [-0.1, -0.05) is 17.7 Å². The van der Waals surface area contributed by atoms with Gasteiger partial charge in [0, 0.05) is 4.91 Å². The normalized spacial score (nSPS) is 19.9. The Morgan fingerprint density at radius 2 is 2.57 bits per heavy atom. The molecule has 40 valence electrons. The molecule has 0 saturated heterocycles. The van der Waals surface area contributed by atoms with E-state index in [1.54, 1.807) is 0 Å². The zero-order valence-corrected chi connectivity index (χ0v) is 6.46. The van der Waals surface area contributed by atoms with Crippen LogP contribution in [0.25, 0.3) is 0 Å². The standard InChI is InChI=1S/C4H6S3/c1-2-4-3-5-7-6-4/h3H,2H2,1H3. The van der Waals surface area contributed by atoms with Crippen LogP contribution in [0, 0.1) is 0 Å². The fraction of sp³-hybridized carbons (Fsp3) is 0.500. The van der Waals surface area contributed by atoms with E-state index in [0.29, 0.717) is 0 Å². The molecule has 0 aliphatic carbocycles. The Hall–Kier alpha value is 0.790. The molecule has 3 heteroatoms. The van der Waals surface area contributed by atoms with E-state index in [-0.39, 0.29) is 0 Å². The van der Waals surface area contributed by atoms with Crippen molar-refractivity contribution in [3.8, 4) is 0 Å². The highest BCUT2D eigenvalue weighted by molar-refractivity contribution is 9.11. The minimum absolute atomic E-state index is 1.20. The van der Waals surface area contributed by atoms with Crippen LogP contribution in [0.3, 0.4) is 0 Å². The molecule has 0 fully saturated rings. The minimum atomic E-state index is 1.20. The molecule has 1 aliphatic rings. The van der Waals surface area contributed by atoms with Crippen molar-refractivity contribution in [2.75, 3.05) is 0 Å². The second-order valence-corrected chi connectivity index (χ2v) is 5.15. The molecule has 1 heterocycles. The summed E-state index contributed by atoms with van der Waals surface area (Å²) in [6.45, 7) is 2.19. The molecule has 0 N–H and O–H groups in total. The maximum Gasteiger partial charge on any atom is 0.00355 e. The Labute approximate surface area is 55.3 Å². The molecule has 0 radical (unpaired) electrons. The molecule has 1 aliphatic heterocycles. The van der Waals surface area contributed by atoms with Gasteiger partial charge in [-0.3, -0.25) is 0 Å². The fourth-order valence-corrected chi connectivity index (χ4v) is 4.39. The van der Waals surface area contributed by atoms with Crippen LogP contribution >= 0.6 is 31.4 Å². The smallest absolute Gasteiger partial charge is 0.00355 e. The lowest BCUT2D eigenvalue weighted by atomic mass is 10.5. The Bertz CT molecular complexity index is 86.9. The fourth-order valence-electron chi connectivity index (χ4n) is 0.299. The first-order valence-corrected chi connectivity index (χ1v) is 5.67. The molecule has 0 aromatic carbocycles. The van der Waals surface area contributed by atoms with Crippen LogP contribution < -0.4 is 0 Å². The molecular formula is C4H6S3. The van der Waals surface area contributed by atoms with Crippen molar-refractivity contribution in [3.05, 3.63) is 10.3 Å². The summed E-state index contributed by atoms with van der Waals surface area (Å²) in [6.07, 6.45) is 1.20. The van der Waals surface area contributed by atoms with E-state index in [9.17, 15) is 0 Å². The third kappa shape index (κ3) is 1.63. The first kappa shape index (κ1) is 5.92. The highest BCUT2D eigenvalue weighted by Crippen LogP contribution is 2.49. The van der Waals surface area contributed by atoms with E-state index in [1.165, 1.54) is 11.3 Å². The van der Waals surface area contributed by atoms with Crippen molar-refractivity contribution in [2.24, 2.45) is 0 Å². The first-order chi connectivity index (χ1) is 3.43. The highest BCUT2D eigenvalue weighted by atomic mass is 33.5. The molecular weight excluding hydrogens is 144 g/mol. The van der Waals surface area contributed by atoms with Gasteiger partial charge in [-0.25, -0.2) is 0 Å². The molecule has 0 unspecified atom stereocenters. The molecule has 0 saturated carbocycles.